The standard InChI is InChI=1S/C22H23N5O4S/c1-14(23-20(29)15-8-5-4-6-9-15)19-25-26-22(27(19)2)32-13-18(28)24-17-11-7-10-16(12-17)21(30)31-3/h4-12,14H,13H2,1-3H3,(H,23,29)(H,24,28)/t14-/m1/s1. The van der Waals surface area contributed by atoms with Crippen molar-refractivity contribution in [3.05, 3.63) is 71.5 Å². The van der Waals surface area contributed by atoms with Crippen LogP contribution in [0.4, 0.5) is 5.69 Å². The number of benzene rings is 2. The van der Waals surface area contributed by atoms with Gasteiger partial charge in [-0.1, -0.05) is 36.0 Å². The summed E-state index contributed by atoms with van der Waals surface area (Å²) in [5.41, 5.74) is 1.40. The summed E-state index contributed by atoms with van der Waals surface area (Å²) in [5, 5.41) is 14.5. The fraction of sp³-hybridized carbons (Fsp3) is 0.227. The number of rotatable bonds is 8. The van der Waals surface area contributed by atoms with Crippen LogP contribution < -0.4 is 10.6 Å². The zero-order valence-corrected chi connectivity index (χ0v) is 18.7. The quantitative estimate of drug-likeness (QED) is 0.398. The van der Waals surface area contributed by atoms with Gasteiger partial charge in [0.1, 0.15) is 0 Å². The number of thioether (sulfide) groups is 1. The molecule has 0 spiro atoms. The SMILES string of the molecule is COC(=O)c1cccc(NC(=O)CSc2nnc([C@@H](C)NC(=O)c3ccccc3)n2C)c1. The van der Waals surface area contributed by atoms with E-state index in [-0.39, 0.29) is 23.6 Å². The van der Waals surface area contributed by atoms with E-state index in [4.69, 9.17) is 0 Å². The molecule has 32 heavy (non-hydrogen) atoms. The molecule has 2 N–H and O–H groups in total. The minimum absolute atomic E-state index is 0.0964. The van der Waals surface area contributed by atoms with E-state index in [1.165, 1.54) is 18.9 Å². The first-order valence-electron chi connectivity index (χ1n) is 9.75. The lowest BCUT2D eigenvalue weighted by Crippen LogP contribution is -2.28. The van der Waals surface area contributed by atoms with Gasteiger partial charge in [-0.15, -0.1) is 10.2 Å². The van der Waals surface area contributed by atoms with Gasteiger partial charge in [0.15, 0.2) is 11.0 Å². The van der Waals surface area contributed by atoms with Crippen LogP contribution in [0.3, 0.4) is 0 Å². The molecule has 1 heterocycles. The van der Waals surface area contributed by atoms with E-state index in [9.17, 15) is 14.4 Å². The highest BCUT2D eigenvalue weighted by Gasteiger charge is 2.19. The third kappa shape index (κ3) is 5.73. The van der Waals surface area contributed by atoms with Crippen molar-refractivity contribution in [3.63, 3.8) is 0 Å². The lowest BCUT2D eigenvalue weighted by Gasteiger charge is -2.13. The van der Waals surface area contributed by atoms with E-state index < -0.39 is 5.97 Å². The van der Waals surface area contributed by atoms with Crippen LogP contribution in [0.15, 0.2) is 59.8 Å². The monoisotopic (exact) mass is 453 g/mol. The number of ether oxygens (including phenoxy) is 1. The molecule has 9 nitrogen and oxygen atoms in total. The van der Waals surface area contributed by atoms with Crippen molar-refractivity contribution >= 4 is 35.2 Å². The van der Waals surface area contributed by atoms with Gasteiger partial charge in [-0.2, -0.15) is 0 Å². The Morgan fingerprint density at radius 3 is 2.50 bits per heavy atom. The smallest absolute Gasteiger partial charge is 0.337 e. The van der Waals surface area contributed by atoms with Gasteiger partial charge in [0, 0.05) is 18.3 Å². The molecule has 0 radical (unpaired) electrons. The van der Waals surface area contributed by atoms with E-state index >= 15 is 0 Å². The molecule has 166 valence electrons. The predicted octanol–water partition coefficient (Wildman–Crippen LogP) is 2.82. The van der Waals surface area contributed by atoms with E-state index in [1.807, 2.05) is 13.0 Å². The molecule has 1 aromatic heterocycles. The van der Waals surface area contributed by atoms with Crippen molar-refractivity contribution in [3.8, 4) is 0 Å². The average molecular weight is 454 g/mol. The van der Waals surface area contributed by atoms with Crippen LogP contribution >= 0.6 is 11.8 Å². The topological polar surface area (TPSA) is 115 Å². The number of hydrogen-bond donors (Lipinski definition) is 2. The number of carbonyl (C=O) groups excluding carboxylic acids is 3. The molecule has 0 bridgehead atoms. The maximum absolute atomic E-state index is 12.4. The van der Waals surface area contributed by atoms with Crippen LogP contribution in [0, 0.1) is 0 Å². The van der Waals surface area contributed by atoms with Crippen LogP contribution in [0.2, 0.25) is 0 Å². The number of amides is 2. The summed E-state index contributed by atoms with van der Waals surface area (Å²) in [7, 11) is 3.08. The lowest BCUT2D eigenvalue weighted by molar-refractivity contribution is -0.113. The van der Waals surface area contributed by atoms with Crippen molar-refractivity contribution in [1.82, 2.24) is 20.1 Å². The van der Waals surface area contributed by atoms with Crippen molar-refractivity contribution in [2.45, 2.75) is 18.1 Å². The fourth-order valence-electron chi connectivity index (χ4n) is 2.93. The number of carbonyl (C=O) groups is 3. The second-order valence-corrected chi connectivity index (χ2v) is 7.81. The Balaban J connectivity index is 1.57. The first-order valence-corrected chi connectivity index (χ1v) is 10.7. The molecular formula is C22H23N5O4S. The Kier molecular flexibility index (Phi) is 7.61. The van der Waals surface area contributed by atoms with Gasteiger partial charge in [0.2, 0.25) is 5.91 Å². The average Bonchev–Trinajstić information content (AvgIpc) is 3.18. The summed E-state index contributed by atoms with van der Waals surface area (Å²) >= 11 is 1.22. The number of aromatic nitrogens is 3. The summed E-state index contributed by atoms with van der Waals surface area (Å²) in [6.07, 6.45) is 0. The second-order valence-electron chi connectivity index (χ2n) is 6.87. The van der Waals surface area contributed by atoms with Crippen LogP contribution in [0.25, 0.3) is 0 Å². The number of nitrogens with zero attached hydrogens (tertiary/aromatic N) is 3. The summed E-state index contributed by atoms with van der Waals surface area (Å²) in [5.74, 6) is -0.270. The molecule has 0 fully saturated rings. The summed E-state index contributed by atoms with van der Waals surface area (Å²) in [6, 6.07) is 15.0. The largest absolute Gasteiger partial charge is 0.465 e. The second kappa shape index (κ2) is 10.6. The Morgan fingerprint density at radius 2 is 1.78 bits per heavy atom. The Labute approximate surface area is 189 Å². The van der Waals surface area contributed by atoms with E-state index in [0.29, 0.717) is 27.8 Å². The molecule has 0 saturated carbocycles. The molecule has 0 aliphatic carbocycles. The molecule has 3 aromatic rings. The zero-order valence-electron chi connectivity index (χ0n) is 17.9. The van der Waals surface area contributed by atoms with Gasteiger partial charge in [0.05, 0.1) is 24.5 Å². The molecule has 10 heteroatoms. The Bertz CT molecular complexity index is 1120. The summed E-state index contributed by atoms with van der Waals surface area (Å²) < 4.78 is 6.43. The van der Waals surface area contributed by atoms with E-state index in [0.717, 1.165) is 0 Å². The maximum atomic E-state index is 12.4. The van der Waals surface area contributed by atoms with Crippen LogP contribution in [-0.2, 0) is 16.6 Å². The van der Waals surface area contributed by atoms with Gasteiger partial charge >= 0.3 is 5.97 Å². The number of esters is 1. The van der Waals surface area contributed by atoms with E-state index in [1.54, 1.807) is 60.1 Å². The zero-order chi connectivity index (χ0) is 23.1. The minimum Gasteiger partial charge on any atom is -0.465 e. The molecule has 0 saturated heterocycles. The molecule has 3 rings (SSSR count). The molecule has 0 aliphatic rings. The van der Waals surface area contributed by atoms with Crippen molar-refractivity contribution in [2.75, 3.05) is 18.2 Å². The van der Waals surface area contributed by atoms with Crippen LogP contribution in [-0.4, -0.2) is 45.4 Å². The fourth-order valence-corrected chi connectivity index (χ4v) is 3.65. The Hall–Kier alpha value is -3.66. The minimum atomic E-state index is -0.476. The van der Waals surface area contributed by atoms with Crippen molar-refractivity contribution < 1.29 is 19.1 Å². The van der Waals surface area contributed by atoms with Gasteiger partial charge in [-0.3, -0.25) is 9.59 Å². The highest BCUT2D eigenvalue weighted by molar-refractivity contribution is 7.99. The van der Waals surface area contributed by atoms with Gasteiger partial charge in [0.25, 0.3) is 5.91 Å². The van der Waals surface area contributed by atoms with E-state index in [2.05, 4.69) is 25.6 Å². The number of nitrogens with one attached hydrogen (secondary N) is 2. The summed E-state index contributed by atoms with van der Waals surface area (Å²) in [6.45, 7) is 1.82. The first kappa shape index (κ1) is 23.0. The number of anilines is 1. The number of hydrogen-bond acceptors (Lipinski definition) is 7. The molecule has 2 amide bonds. The maximum Gasteiger partial charge on any atom is 0.337 e. The number of methoxy groups -OCH3 is 1. The molecule has 1 atom stereocenters. The highest BCUT2D eigenvalue weighted by Crippen LogP contribution is 2.20. The van der Waals surface area contributed by atoms with Crippen molar-refractivity contribution in [1.29, 1.82) is 0 Å². The lowest BCUT2D eigenvalue weighted by atomic mass is 10.2. The molecule has 0 aliphatic heterocycles. The normalized spacial score (nSPS) is 11.5. The first-order chi connectivity index (χ1) is 15.4. The molecular weight excluding hydrogens is 430 g/mol. The van der Waals surface area contributed by atoms with Crippen LogP contribution in [0.5, 0.6) is 0 Å². The van der Waals surface area contributed by atoms with Gasteiger partial charge in [-0.25, -0.2) is 4.79 Å². The molecule has 2 aromatic carbocycles. The van der Waals surface area contributed by atoms with Crippen molar-refractivity contribution in [2.24, 2.45) is 7.05 Å². The third-order valence-electron chi connectivity index (χ3n) is 4.54. The third-order valence-corrected chi connectivity index (χ3v) is 5.56. The predicted molar refractivity (Wildman–Crippen MR) is 120 cm³/mol. The molecule has 0 unspecified atom stereocenters. The summed E-state index contributed by atoms with van der Waals surface area (Å²) in [4.78, 5) is 36.3. The Morgan fingerprint density at radius 1 is 1.06 bits per heavy atom. The highest BCUT2D eigenvalue weighted by atomic mass is 32.2. The van der Waals surface area contributed by atoms with Gasteiger partial charge < -0.3 is 19.9 Å². The van der Waals surface area contributed by atoms with Gasteiger partial charge in [-0.05, 0) is 37.3 Å². The van der Waals surface area contributed by atoms with Crippen LogP contribution in [0.1, 0.15) is 39.5 Å².